The molecular formula is C20H19NO5S. The molecule has 0 bridgehead atoms. The number of para-hydroxylation sites is 2. The van der Waals surface area contributed by atoms with Crippen LogP contribution in [-0.2, 0) is 23.8 Å². The molecule has 4 rings (SSSR count). The molecule has 1 fully saturated rings. The van der Waals surface area contributed by atoms with Crippen LogP contribution in [0.2, 0.25) is 0 Å². The first-order valence-electron chi connectivity index (χ1n) is 8.75. The zero-order chi connectivity index (χ0) is 18.8. The van der Waals surface area contributed by atoms with Crippen molar-refractivity contribution < 1.29 is 23.8 Å². The molecule has 0 radical (unpaired) electrons. The van der Waals surface area contributed by atoms with Crippen molar-refractivity contribution in [3.05, 3.63) is 48.5 Å². The number of fused-ring (bicyclic) bond motifs is 2. The Morgan fingerprint density at radius 2 is 1.70 bits per heavy atom. The molecule has 2 aliphatic rings. The predicted molar refractivity (Wildman–Crippen MR) is 100 cm³/mol. The number of rotatable bonds is 3. The standard InChI is InChI=1S/C20H19NO5S/c1-13(26-20(23)16-12-24-10-11-25-16)19(22)21-14-6-2-4-8-17(14)27-18-9-5-3-7-15(18)21/h2-9,13,16H,10-12H2,1H3. The van der Waals surface area contributed by atoms with Crippen LogP contribution < -0.4 is 4.90 Å². The molecule has 1 saturated heterocycles. The lowest BCUT2D eigenvalue weighted by Crippen LogP contribution is -2.43. The van der Waals surface area contributed by atoms with Gasteiger partial charge in [-0.3, -0.25) is 9.69 Å². The van der Waals surface area contributed by atoms with Crippen LogP contribution in [0.15, 0.2) is 58.3 Å². The van der Waals surface area contributed by atoms with Gasteiger partial charge in [-0.1, -0.05) is 36.0 Å². The molecule has 2 aromatic rings. The maximum Gasteiger partial charge on any atom is 0.338 e. The van der Waals surface area contributed by atoms with Gasteiger partial charge in [-0.05, 0) is 31.2 Å². The van der Waals surface area contributed by atoms with Crippen molar-refractivity contribution in [3.63, 3.8) is 0 Å². The molecule has 6 nitrogen and oxygen atoms in total. The van der Waals surface area contributed by atoms with E-state index < -0.39 is 18.2 Å². The highest BCUT2D eigenvalue weighted by Gasteiger charge is 2.34. The molecule has 140 valence electrons. The molecule has 2 aliphatic heterocycles. The molecule has 0 N–H and O–H groups in total. The van der Waals surface area contributed by atoms with Crippen molar-refractivity contribution in [2.75, 3.05) is 24.7 Å². The fourth-order valence-electron chi connectivity index (χ4n) is 3.05. The molecule has 7 heteroatoms. The van der Waals surface area contributed by atoms with Crippen molar-refractivity contribution in [2.24, 2.45) is 0 Å². The summed E-state index contributed by atoms with van der Waals surface area (Å²) >= 11 is 1.61. The lowest BCUT2D eigenvalue weighted by Gasteiger charge is -2.32. The van der Waals surface area contributed by atoms with Crippen molar-refractivity contribution in [1.29, 1.82) is 0 Å². The van der Waals surface area contributed by atoms with E-state index >= 15 is 0 Å². The van der Waals surface area contributed by atoms with E-state index in [-0.39, 0.29) is 12.5 Å². The van der Waals surface area contributed by atoms with Crippen LogP contribution in [0.25, 0.3) is 0 Å². The minimum atomic E-state index is -0.952. The monoisotopic (exact) mass is 385 g/mol. The summed E-state index contributed by atoms with van der Waals surface area (Å²) in [4.78, 5) is 29.1. The van der Waals surface area contributed by atoms with Crippen LogP contribution in [0.1, 0.15) is 6.92 Å². The van der Waals surface area contributed by atoms with Crippen molar-refractivity contribution >= 4 is 35.0 Å². The zero-order valence-electron chi connectivity index (χ0n) is 14.8. The molecule has 2 atom stereocenters. The SMILES string of the molecule is CC(OC(=O)C1COCCO1)C(=O)N1c2ccccc2Sc2ccccc21. The number of benzene rings is 2. The number of carbonyl (C=O) groups excluding carboxylic acids is 2. The normalized spacial score (nSPS) is 19.6. The summed E-state index contributed by atoms with van der Waals surface area (Å²) in [6.45, 7) is 2.52. The Kier molecular flexibility index (Phi) is 5.15. The fraction of sp³-hybridized carbons (Fsp3) is 0.300. The molecule has 2 aromatic carbocycles. The van der Waals surface area contributed by atoms with Gasteiger partial charge in [0.05, 0.1) is 31.2 Å². The second-order valence-corrected chi connectivity index (χ2v) is 7.31. The Labute approximate surface area is 161 Å². The van der Waals surface area contributed by atoms with Crippen LogP contribution in [0.3, 0.4) is 0 Å². The summed E-state index contributed by atoms with van der Waals surface area (Å²) in [6.07, 6.45) is -1.74. The number of nitrogens with zero attached hydrogens (tertiary/aromatic N) is 1. The van der Waals surface area contributed by atoms with Gasteiger partial charge in [-0.25, -0.2) is 4.79 Å². The molecule has 0 saturated carbocycles. The van der Waals surface area contributed by atoms with E-state index in [0.717, 1.165) is 21.2 Å². The number of anilines is 2. The molecule has 1 amide bonds. The highest BCUT2D eigenvalue weighted by molar-refractivity contribution is 7.99. The summed E-state index contributed by atoms with van der Waals surface area (Å²) in [7, 11) is 0. The van der Waals surface area contributed by atoms with Gasteiger partial charge in [0.25, 0.3) is 5.91 Å². The molecule has 0 aliphatic carbocycles. The van der Waals surface area contributed by atoms with Crippen LogP contribution in [-0.4, -0.2) is 43.9 Å². The van der Waals surface area contributed by atoms with Gasteiger partial charge in [-0.2, -0.15) is 0 Å². The lowest BCUT2D eigenvalue weighted by molar-refractivity contribution is -0.176. The maximum atomic E-state index is 13.2. The van der Waals surface area contributed by atoms with Gasteiger partial charge in [0.2, 0.25) is 0 Å². The summed E-state index contributed by atoms with van der Waals surface area (Å²) in [5, 5.41) is 0. The third-order valence-corrected chi connectivity index (χ3v) is 5.50. The Hall–Kier alpha value is -2.35. The number of hydrogen-bond donors (Lipinski definition) is 0. The third kappa shape index (κ3) is 3.58. The molecule has 27 heavy (non-hydrogen) atoms. The van der Waals surface area contributed by atoms with Crippen LogP contribution >= 0.6 is 11.8 Å². The first-order valence-corrected chi connectivity index (χ1v) is 9.56. The van der Waals surface area contributed by atoms with E-state index in [0.29, 0.717) is 13.2 Å². The number of amides is 1. The Balaban J connectivity index is 1.58. The molecule has 2 unspecified atom stereocenters. The van der Waals surface area contributed by atoms with Crippen molar-refractivity contribution in [1.82, 2.24) is 0 Å². The minimum Gasteiger partial charge on any atom is -0.451 e. The summed E-state index contributed by atoms with van der Waals surface area (Å²) in [5.41, 5.74) is 1.57. The lowest BCUT2D eigenvalue weighted by atomic mass is 10.2. The Morgan fingerprint density at radius 3 is 2.30 bits per heavy atom. The summed E-state index contributed by atoms with van der Waals surface area (Å²) < 4.78 is 16.0. The zero-order valence-corrected chi connectivity index (χ0v) is 15.6. The fourth-order valence-corrected chi connectivity index (χ4v) is 4.11. The predicted octanol–water partition coefficient (Wildman–Crippen LogP) is 3.16. The largest absolute Gasteiger partial charge is 0.451 e. The van der Waals surface area contributed by atoms with E-state index in [1.165, 1.54) is 0 Å². The Bertz CT molecular complexity index is 819. The average molecular weight is 385 g/mol. The number of hydrogen-bond acceptors (Lipinski definition) is 6. The third-order valence-electron chi connectivity index (χ3n) is 4.37. The number of carbonyl (C=O) groups is 2. The van der Waals surface area contributed by atoms with E-state index in [1.807, 2.05) is 48.5 Å². The van der Waals surface area contributed by atoms with Gasteiger partial charge < -0.3 is 14.2 Å². The first-order chi connectivity index (χ1) is 13.1. The van der Waals surface area contributed by atoms with Crippen LogP contribution in [0, 0.1) is 0 Å². The van der Waals surface area contributed by atoms with Crippen LogP contribution in [0.4, 0.5) is 11.4 Å². The van der Waals surface area contributed by atoms with Crippen LogP contribution in [0.5, 0.6) is 0 Å². The molecule has 2 heterocycles. The first kappa shape index (κ1) is 18.0. The van der Waals surface area contributed by atoms with E-state index in [2.05, 4.69) is 0 Å². The second-order valence-electron chi connectivity index (χ2n) is 6.22. The average Bonchev–Trinajstić information content (AvgIpc) is 2.72. The van der Waals surface area contributed by atoms with E-state index in [4.69, 9.17) is 14.2 Å². The molecular weight excluding hydrogens is 366 g/mol. The van der Waals surface area contributed by atoms with Gasteiger partial charge >= 0.3 is 5.97 Å². The van der Waals surface area contributed by atoms with Gasteiger partial charge in [0, 0.05) is 9.79 Å². The van der Waals surface area contributed by atoms with Gasteiger partial charge in [0.15, 0.2) is 12.2 Å². The summed E-state index contributed by atoms with van der Waals surface area (Å²) in [5.74, 6) is -0.885. The smallest absolute Gasteiger partial charge is 0.338 e. The second kappa shape index (κ2) is 7.72. The highest BCUT2D eigenvalue weighted by Crippen LogP contribution is 2.48. The molecule has 0 aromatic heterocycles. The highest BCUT2D eigenvalue weighted by atomic mass is 32.2. The number of ether oxygens (including phenoxy) is 3. The quantitative estimate of drug-likeness (QED) is 0.757. The topological polar surface area (TPSA) is 65.1 Å². The summed E-state index contributed by atoms with van der Waals surface area (Å²) in [6, 6.07) is 15.4. The van der Waals surface area contributed by atoms with Gasteiger partial charge in [-0.15, -0.1) is 0 Å². The van der Waals surface area contributed by atoms with E-state index in [1.54, 1.807) is 23.6 Å². The molecule has 0 spiro atoms. The Morgan fingerprint density at radius 1 is 1.07 bits per heavy atom. The van der Waals surface area contributed by atoms with Crippen molar-refractivity contribution in [3.8, 4) is 0 Å². The van der Waals surface area contributed by atoms with E-state index in [9.17, 15) is 9.59 Å². The number of esters is 1. The van der Waals surface area contributed by atoms with Gasteiger partial charge in [0.1, 0.15) is 0 Å². The minimum absolute atomic E-state index is 0.145. The van der Waals surface area contributed by atoms with Crippen molar-refractivity contribution in [2.45, 2.75) is 28.9 Å². The maximum absolute atomic E-state index is 13.2.